The third-order valence-corrected chi connectivity index (χ3v) is 3.81. The highest BCUT2D eigenvalue weighted by Crippen LogP contribution is 2.32. The van der Waals surface area contributed by atoms with Crippen molar-refractivity contribution >= 4 is 12.0 Å². The van der Waals surface area contributed by atoms with Gasteiger partial charge in [-0.15, -0.1) is 0 Å². The molecule has 2 aliphatic rings. The van der Waals surface area contributed by atoms with Crippen LogP contribution in [0.5, 0.6) is 0 Å². The topological polar surface area (TPSA) is 70.1 Å². The summed E-state index contributed by atoms with van der Waals surface area (Å²) >= 11 is 0. The number of nitrogens with zero attached hydrogens (tertiary/aromatic N) is 2. The van der Waals surface area contributed by atoms with Crippen molar-refractivity contribution in [3.05, 3.63) is 0 Å². The summed E-state index contributed by atoms with van der Waals surface area (Å²) in [5.41, 5.74) is -0.483. The molecule has 2 aliphatic heterocycles. The lowest BCUT2D eigenvalue weighted by molar-refractivity contribution is -0.138. The van der Waals surface area contributed by atoms with Gasteiger partial charge in [-0.05, 0) is 27.7 Å². The van der Waals surface area contributed by atoms with E-state index in [-0.39, 0.29) is 12.0 Å². The molecule has 0 aromatic heterocycles. The number of ether oxygens (including phenoxy) is 1. The first-order valence-electron chi connectivity index (χ1n) is 7.12. The average Bonchev–Trinajstić information content (AvgIpc) is 2.82. The maximum absolute atomic E-state index is 12.0. The number of amides is 2. The molecule has 0 aromatic carbocycles. The minimum absolute atomic E-state index is 0.219. The fourth-order valence-electron chi connectivity index (χ4n) is 2.91. The van der Waals surface area contributed by atoms with E-state index >= 15 is 0 Å². The van der Waals surface area contributed by atoms with E-state index in [9.17, 15) is 14.7 Å². The number of likely N-dealkylation sites (tertiary alicyclic amines) is 2. The molecule has 2 heterocycles. The van der Waals surface area contributed by atoms with Crippen molar-refractivity contribution in [2.45, 2.75) is 39.4 Å². The van der Waals surface area contributed by atoms with Crippen LogP contribution in [-0.4, -0.2) is 64.8 Å². The van der Waals surface area contributed by atoms with Crippen LogP contribution < -0.4 is 0 Å². The molecule has 0 unspecified atom stereocenters. The number of carbonyl (C=O) groups excluding carboxylic acids is 2. The number of hydrogen-bond donors (Lipinski definition) is 1. The third kappa shape index (κ3) is 3.23. The molecule has 2 amide bonds. The summed E-state index contributed by atoms with van der Waals surface area (Å²) in [7, 11) is 0. The van der Waals surface area contributed by atoms with E-state index in [0.29, 0.717) is 38.0 Å². The highest BCUT2D eigenvalue weighted by molar-refractivity contribution is 5.80. The molecule has 3 atom stereocenters. The minimum Gasteiger partial charge on any atom is -0.444 e. The molecule has 20 heavy (non-hydrogen) atoms. The van der Waals surface area contributed by atoms with Gasteiger partial charge in [0.15, 0.2) is 0 Å². The van der Waals surface area contributed by atoms with Gasteiger partial charge in [0.25, 0.3) is 5.91 Å². The Morgan fingerprint density at radius 1 is 1.10 bits per heavy atom. The van der Waals surface area contributed by atoms with Crippen LogP contribution >= 0.6 is 0 Å². The predicted molar refractivity (Wildman–Crippen MR) is 73.0 cm³/mol. The van der Waals surface area contributed by atoms with Crippen molar-refractivity contribution in [1.82, 2.24) is 9.80 Å². The van der Waals surface area contributed by atoms with Crippen LogP contribution in [-0.2, 0) is 9.53 Å². The summed E-state index contributed by atoms with van der Waals surface area (Å²) in [5, 5.41) is 9.34. The van der Waals surface area contributed by atoms with E-state index in [2.05, 4.69) is 0 Å². The molecule has 0 aliphatic carbocycles. The first-order chi connectivity index (χ1) is 9.17. The lowest BCUT2D eigenvalue weighted by Gasteiger charge is -2.26. The van der Waals surface area contributed by atoms with Crippen LogP contribution in [0.1, 0.15) is 27.7 Å². The quantitative estimate of drug-likeness (QED) is 0.769. The molecule has 0 radical (unpaired) electrons. The largest absolute Gasteiger partial charge is 0.444 e. The van der Waals surface area contributed by atoms with Crippen LogP contribution in [0, 0.1) is 11.8 Å². The van der Waals surface area contributed by atoms with Crippen LogP contribution in [0.25, 0.3) is 0 Å². The zero-order valence-electron chi connectivity index (χ0n) is 12.6. The van der Waals surface area contributed by atoms with Crippen molar-refractivity contribution in [2.24, 2.45) is 11.8 Å². The Bertz CT molecular complexity index is 388. The molecular formula is C14H24N2O4. The number of aliphatic hydroxyl groups is 1. The first kappa shape index (κ1) is 15.1. The normalized spacial score (nSPS) is 27.4. The Labute approximate surface area is 119 Å². The van der Waals surface area contributed by atoms with E-state index in [1.807, 2.05) is 20.8 Å². The molecule has 2 fully saturated rings. The lowest BCUT2D eigenvalue weighted by Crippen LogP contribution is -2.40. The number of rotatable bonds is 1. The van der Waals surface area contributed by atoms with Gasteiger partial charge < -0.3 is 19.6 Å². The highest BCUT2D eigenvalue weighted by atomic mass is 16.6. The lowest BCUT2D eigenvalue weighted by atomic mass is 10.0. The average molecular weight is 284 g/mol. The summed E-state index contributed by atoms with van der Waals surface area (Å²) in [6.07, 6.45) is -1.23. The summed E-state index contributed by atoms with van der Waals surface area (Å²) in [4.78, 5) is 27.2. The Morgan fingerprint density at radius 3 is 1.95 bits per heavy atom. The molecule has 1 N–H and O–H groups in total. The van der Waals surface area contributed by atoms with Crippen molar-refractivity contribution in [2.75, 3.05) is 26.2 Å². The molecule has 0 spiro atoms. The number of fused-ring (bicyclic) bond motifs is 1. The summed E-state index contributed by atoms with van der Waals surface area (Å²) in [6, 6.07) is 0. The van der Waals surface area contributed by atoms with Crippen molar-refractivity contribution in [1.29, 1.82) is 0 Å². The fourth-order valence-corrected chi connectivity index (χ4v) is 2.91. The SMILES string of the molecule is C[C@@H](O)C(=O)N1C[C@H]2CN(C(=O)OC(C)(C)C)C[C@H]2C1. The highest BCUT2D eigenvalue weighted by Gasteiger charge is 2.44. The summed E-state index contributed by atoms with van der Waals surface area (Å²) in [6.45, 7) is 9.54. The maximum atomic E-state index is 12.0. The molecule has 6 nitrogen and oxygen atoms in total. The van der Waals surface area contributed by atoms with Crippen LogP contribution in [0.4, 0.5) is 4.79 Å². The number of carbonyl (C=O) groups is 2. The van der Waals surface area contributed by atoms with Crippen molar-refractivity contribution in [3.8, 4) is 0 Å². The van der Waals surface area contributed by atoms with Crippen molar-refractivity contribution in [3.63, 3.8) is 0 Å². The minimum atomic E-state index is -0.948. The van der Waals surface area contributed by atoms with Crippen LogP contribution in [0.3, 0.4) is 0 Å². The first-order valence-corrected chi connectivity index (χ1v) is 7.12. The van der Waals surface area contributed by atoms with Crippen LogP contribution in [0.15, 0.2) is 0 Å². The second-order valence-electron chi connectivity index (χ2n) is 6.82. The summed E-state index contributed by atoms with van der Waals surface area (Å²) < 4.78 is 5.37. The smallest absolute Gasteiger partial charge is 0.410 e. The maximum Gasteiger partial charge on any atom is 0.410 e. The molecular weight excluding hydrogens is 260 g/mol. The second kappa shape index (κ2) is 5.24. The molecule has 2 rings (SSSR count). The van der Waals surface area contributed by atoms with E-state index in [0.717, 1.165) is 0 Å². The van der Waals surface area contributed by atoms with Crippen LogP contribution in [0.2, 0.25) is 0 Å². The van der Waals surface area contributed by atoms with Gasteiger partial charge in [0.05, 0.1) is 0 Å². The van der Waals surface area contributed by atoms with E-state index in [4.69, 9.17) is 4.74 Å². The van der Waals surface area contributed by atoms with E-state index < -0.39 is 11.7 Å². The van der Waals surface area contributed by atoms with Gasteiger partial charge in [0, 0.05) is 38.0 Å². The van der Waals surface area contributed by atoms with Gasteiger partial charge in [0.1, 0.15) is 11.7 Å². The Balaban J connectivity index is 1.88. The standard InChI is InChI=1S/C14H24N2O4/c1-9(17)12(18)15-5-10-7-16(8-11(10)6-15)13(19)20-14(2,3)4/h9-11,17H,5-8H2,1-4H3/t9-,10-,11+/m1/s1. The predicted octanol–water partition coefficient (Wildman–Crippen LogP) is 0.692. The molecule has 6 heteroatoms. The van der Waals surface area contributed by atoms with Gasteiger partial charge in [-0.3, -0.25) is 4.79 Å². The summed E-state index contributed by atoms with van der Waals surface area (Å²) in [5.74, 6) is 0.374. The van der Waals surface area contributed by atoms with Crippen molar-refractivity contribution < 1.29 is 19.4 Å². The van der Waals surface area contributed by atoms with E-state index in [1.54, 1.807) is 9.80 Å². The number of aliphatic hydroxyl groups excluding tert-OH is 1. The van der Waals surface area contributed by atoms with Gasteiger partial charge in [-0.1, -0.05) is 0 Å². The molecule has 0 saturated carbocycles. The molecule has 114 valence electrons. The van der Waals surface area contributed by atoms with Gasteiger partial charge in [-0.2, -0.15) is 0 Å². The Hall–Kier alpha value is -1.30. The van der Waals surface area contributed by atoms with Gasteiger partial charge in [-0.25, -0.2) is 4.79 Å². The van der Waals surface area contributed by atoms with Gasteiger partial charge >= 0.3 is 6.09 Å². The number of hydrogen-bond acceptors (Lipinski definition) is 4. The zero-order valence-corrected chi connectivity index (χ0v) is 12.6. The van der Waals surface area contributed by atoms with E-state index in [1.165, 1.54) is 6.92 Å². The molecule has 2 saturated heterocycles. The monoisotopic (exact) mass is 284 g/mol. The second-order valence-corrected chi connectivity index (χ2v) is 6.82. The molecule has 0 aromatic rings. The molecule has 0 bridgehead atoms. The fraction of sp³-hybridized carbons (Fsp3) is 0.857. The Morgan fingerprint density at radius 2 is 1.55 bits per heavy atom. The van der Waals surface area contributed by atoms with Gasteiger partial charge in [0.2, 0.25) is 0 Å². The third-order valence-electron chi connectivity index (χ3n) is 3.81. The Kier molecular flexibility index (Phi) is 3.95. The zero-order chi connectivity index (χ0) is 15.1.